The normalized spacial score (nSPS) is 36.5. The predicted molar refractivity (Wildman–Crippen MR) is 98.1 cm³/mol. The van der Waals surface area contributed by atoms with Crippen molar-refractivity contribution >= 4 is 12.9 Å². The van der Waals surface area contributed by atoms with Gasteiger partial charge in [0.1, 0.15) is 0 Å². The SMILES string of the molecule is CC1(C)[C@@H]2C[C@H]3OB([C@@H](N)CCC(=O)c4ccccc4)O[C@@]3(C)[C@H]1C2. The third kappa shape index (κ3) is 2.68. The molecule has 4 aliphatic rings. The third-order valence-corrected chi connectivity index (χ3v) is 7.12. The summed E-state index contributed by atoms with van der Waals surface area (Å²) in [5.74, 6) is 1.12. The van der Waals surface area contributed by atoms with Crippen LogP contribution in [-0.2, 0) is 9.31 Å². The molecule has 0 unspecified atom stereocenters. The highest BCUT2D eigenvalue weighted by atomic mass is 16.7. The number of carbonyl (C=O) groups excluding carboxylic acids is 1. The van der Waals surface area contributed by atoms with E-state index >= 15 is 0 Å². The van der Waals surface area contributed by atoms with Crippen molar-refractivity contribution in [3.8, 4) is 0 Å². The first-order valence-corrected chi connectivity index (χ1v) is 9.49. The first-order chi connectivity index (χ1) is 11.8. The van der Waals surface area contributed by atoms with Crippen molar-refractivity contribution in [2.24, 2.45) is 23.0 Å². The van der Waals surface area contributed by atoms with Crippen LogP contribution in [0.4, 0.5) is 0 Å². The lowest BCUT2D eigenvalue weighted by Gasteiger charge is -2.64. The van der Waals surface area contributed by atoms with Crippen LogP contribution in [0.2, 0.25) is 0 Å². The fourth-order valence-corrected chi connectivity index (χ4v) is 5.28. The van der Waals surface area contributed by atoms with Crippen LogP contribution >= 0.6 is 0 Å². The molecule has 3 aliphatic carbocycles. The molecule has 5 heteroatoms. The van der Waals surface area contributed by atoms with Gasteiger partial charge < -0.3 is 15.0 Å². The van der Waals surface area contributed by atoms with Crippen LogP contribution < -0.4 is 5.73 Å². The summed E-state index contributed by atoms with van der Waals surface area (Å²) in [6.45, 7) is 6.90. The Bertz CT molecular complexity index is 664. The Morgan fingerprint density at radius 3 is 2.68 bits per heavy atom. The van der Waals surface area contributed by atoms with Gasteiger partial charge in [-0.2, -0.15) is 0 Å². The van der Waals surface area contributed by atoms with Crippen molar-refractivity contribution < 1.29 is 14.1 Å². The van der Waals surface area contributed by atoms with Gasteiger partial charge >= 0.3 is 7.12 Å². The Balaban J connectivity index is 1.37. The predicted octanol–water partition coefficient (Wildman–Crippen LogP) is 3.24. The van der Waals surface area contributed by atoms with Crippen LogP contribution in [0.3, 0.4) is 0 Å². The molecule has 2 N–H and O–H groups in total. The molecule has 0 amide bonds. The summed E-state index contributed by atoms with van der Waals surface area (Å²) in [6.07, 6.45) is 3.45. The number of benzene rings is 1. The molecular formula is C20H28BNO3. The molecule has 5 atom stereocenters. The highest BCUT2D eigenvalue weighted by Crippen LogP contribution is 2.65. The Hall–Kier alpha value is -1.17. The Morgan fingerprint density at radius 2 is 2.00 bits per heavy atom. The van der Waals surface area contributed by atoms with Crippen molar-refractivity contribution in [3.63, 3.8) is 0 Å². The van der Waals surface area contributed by atoms with E-state index in [0.717, 1.165) is 17.9 Å². The van der Waals surface area contributed by atoms with Gasteiger partial charge in [0.05, 0.1) is 11.7 Å². The van der Waals surface area contributed by atoms with Gasteiger partial charge in [-0.25, -0.2) is 0 Å². The van der Waals surface area contributed by atoms with Crippen molar-refractivity contribution in [2.75, 3.05) is 0 Å². The van der Waals surface area contributed by atoms with Gasteiger partial charge in [-0.3, -0.25) is 4.79 Å². The van der Waals surface area contributed by atoms with Crippen LogP contribution in [0.25, 0.3) is 0 Å². The molecular weight excluding hydrogens is 313 g/mol. The minimum Gasteiger partial charge on any atom is -0.404 e. The van der Waals surface area contributed by atoms with Crippen molar-refractivity contribution in [1.82, 2.24) is 0 Å². The van der Waals surface area contributed by atoms with E-state index in [0.29, 0.717) is 24.2 Å². The molecule has 0 aromatic heterocycles. The summed E-state index contributed by atoms with van der Waals surface area (Å²) < 4.78 is 12.6. The van der Waals surface area contributed by atoms with E-state index in [1.54, 1.807) is 0 Å². The standard InChI is InChI=1S/C20H28BNO3/c1-19(2)14-11-16(19)20(3)17(12-14)24-21(25-20)18(22)10-9-15(23)13-7-5-4-6-8-13/h4-8,14,16-18H,9-12,22H2,1-3H3/t14-,16-,17+,18-,20-/m0/s1. The Kier molecular flexibility index (Phi) is 4.10. The Labute approximate surface area is 150 Å². The quantitative estimate of drug-likeness (QED) is 0.660. The van der Waals surface area contributed by atoms with Gasteiger partial charge in [-0.1, -0.05) is 44.2 Å². The lowest BCUT2D eigenvalue weighted by molar-refractivity contribution is -0.199. The Morgan fingerprint density at radius 1 is 1.28 bits per heavy atom. The van der Waals surface area contributed by atoms with Crippen LogP contribution in [-0.4, -0.2) is 30.5 Å². The average molecular weight is 341 g/mol. The summed E-state index contributed by atoms with van der Waals surface area (Å²) in [7, 11) is -0.395. The van der Waals surface area contributed by atoms with E-state index in [9.17, 15) is 4.79 Å². The van der Waals surface area contributed by atoms with Crippen LogP contribution in [0.5, 0.6) is 0 Å². The van der Waals surface area contributed by atoms with Gasteiger partial charge in [0.15, 0.2) is 5.78 Å². The first-order valence-electron chi connectivity index (χ1n) is 9.49. The van der Waals surface area contributed by atoms with E-state index < -0.39 is 7.12 Å². The summed E-state index contributed by atoms with van der Waals surface area (Å²) >= 11 is 0. The molecule has 134 valence electrons. The summed E-state index contributed by atoms with van der Waals surface area (Å²) in [4.78, 5) is 12.3. The fourth-order valence-electron chi connectivity index (χ4n) is 5.28. The van der Waals surface area contributed by atoms with E-state index in [2.05, 4.69) is 20.8 Å². The number of hydrogen-bond acceptors (Lipinski definition) is 4. The third-order valence-electron chi connectivity index (χ3n) is 7.12. The molecule has 4 nitrogen and oxygen atoms in total. The van der Waals surface area contributed by atoms with Crippen LogP contribution in [0.15, 0.2) is 30.3 Å². The number of Topliss-reactive ketones (excluding diaryl/α,β-unsaturated/α-hetero) is 1. The molecule has 25 heavy (non-hydrogen) atoms. The fraction of sp³-hybridized carbons (Fsp3) is 0.650. The molecule has 1 heterocycles. The highest BCUT2D eigenvalue weighted by molar-refractivity contribution is 6.47. The van der Waals surface area contributed by atoms with E-state index in [4.69, 9.17) is 15.0 Å². The van der Waals surface area contributed by atoms with Gasteiger partial charge in [0.2, 0.25) is 0 Å². The average Bonchev–Trinajstić information content (AvgIpc) is 2.97. The largest absolute Gasteiger partial charge is 0.475 e. The highest BCUT2D eigenvalue weighted by Gasteiger charge is 2.68. The molecule has 2 bridgehead atoms. The zero-order valence-electron chi connectivity index (χ0n) is 15.4. The molecule has 4 fully saturated rings. The molecule has 3 saturated carbocycles. The molecule has 5 rings (SSSR count). The van der Waals surface area contributed by atoms with Crippen LogP contribution in [0.1, 0.15) is 56.8 Å². The monoisotopic (exact) mass is 341 g/mol. The number of hydrogen-bond donors (Lipinski definition) is 1. The minimum atomic E-state index is -0.395. The summed E-state index contributed by atoms with van der Waals surface area (Å²) in [5.41, 5.74) is 7.18. The van der Waals surface area contributed by atoms with E-state index in [1.807, 2.05) is 30.3 Å². The second-order valence-electron chi connectivity index (χ2n) is 8.83. The first kappa shape index (κ1) is 17.3. The minimum absolute atomic E-state index is 0.126. The molecule has 0 spiro atoms. The number of rotatable bonds is 5. The van der Waals surface area contributed by atoms with Crippen molar-refractivity contribution in [1.29, 1.82) is 0 Å². The molecule has 1 aromatic carbocycles. The number of nitrogens with two attached hydrogens (primary N) is 1. The summed E-state index contributed by atoms with van der Waals surface area (Å²) in [5, 5.41) is 0. The zero-order chi connectivity index (χ0) is 17.8. The second kappa shape index (κ2) is 5.93. The van der Waals surface area contributed by atoms with E-state index in [-0.39, 0.29) is 23.4 Å². The molecule has 1 aromatic rings. The van der Waals surface area contributed by atoms with Crippen molar-refractivity contribution in [2.45, 2.75) is 64.1 Å². The lowest BCUT2D eigenvalue weighted by atomic mass is 9.43. The second-order valence-corrected chi connectivity index (χ2v) is 8.83. The van der Waals surface area contributed by atoms with Crippen molar-refractivity contribution in [3.05, 3.63) is 35.9 Å². The number of carbonyl (C=O) groups is 1. The lowest BCUT2D eigenvalue weighted by Crippen LogP contribution is -2.65. The van der Waals surface area contributed by atoms with Gasteiger partial charge in [-0.15, -0.1) is 0 Å². The molecule has 1 saturated heterocycles. The molecule has 0 radical (unpaired) electrons. The van der Waals surface area contributed by atoms with Gasteiger partial charge in [0, 0.05) is 17.9 Å². The summed E-state index contributed by atoms with van der Waals surface area (Å²) in [6, 6.07) is 9.38. The van der Waals surface area contributed by atoms with Gasteiger partial charge in [-0.05, 0) is 43.4 Å². The van der Waals surface area contributed by atoms with E-state index in [1.165, 1.54) is 6.42 Å². The van der Waals surface area contributed by atoms with Gasteiger partial charge in [0.25, 0.3) is 0 Å². The van der Waals surface area contributed by atoms with Crippen LogP contribution in [0, 0.1) is 17.3 Å². The number of ketones is 1. The molecule has 1 aliphatic heterocycles. The smallest absolute Gasteiger partial charge is 0.404 e. The maximum Gasteiger partial charge on any atom is 0.475 e. The zero-order valence-corrected chi connectivity index (χ0v) is 15.4. The maximum absolute atomic E-state index is 12.3. The topological polar surface area (TPSA) is 61.5 Å². The maximum atomic E-state index is 12.3.